The summed E-state index contributed by atoms with van der Waals surface area (Å²) in [5.74, 6) is -0.0419. The Morgan fingerprint density at radius 1 is 1.35 bits per heavy atom. The van der Waals surface area contributed by atoms with Gasteiger partial charge in [0.05, 0.1) is 12.4 Å². The van der Waals surface area contributed by atoms with E-state index in [0.717, 1.165) is 5.56 Å². The molecule has 5 nitrogen and oxygen atoms in total. The van der Waals surface area contributed by atoms with Crippen LogP contribution in [0.5, 0.6) is 0 Å². The molecule has 0 amide bonds. The number of anilines is 1. The zero-order chi connectivity index (χ0) is 12.7. The number of nitrogens with one attached hydrogen (secondary N) is 2. The molecule has 1 rings (SSSR count). The second-order valence-corrected chi connectivity index (χ2v) is 5.49. The van der Waals surface area contributed by atoms with Crippen LogP contribution in [0.2, 0.25) is 0 Å². The van der Waals surface area contributed by atoms with E-state index in [2.05, 4.69) is 10.0 Å². The van der Waals surface area contributed by atoms with Crippen LogP contribution in [-0.4, -0.2) is 34.9 Å². The number of hydrogen-bond donors (Lipinski definition) is 2. The summed E-state index contributed by atoms with van der Waals surface area (Å²) in [6, 6.07) is 7.29. The molecule has 0 bridgehead atoms. The lowest BCUT2D eigenvalue weighted by Crippen LogP contribution is -2.19. The lowest BCUT2D eigenvalue weighted by molar-refractivity contribution is 0.217. The number of hydrogen-bond acceptors (Lipinski definition) is 4. The molecule has 0 aliphatic heterocycles. The molecule has 0 aliphatic rings. The number of methoxy groups -OCH3 is 1. The Morgan fingerprint density at radius 3 is 2.76 bits per heavy atom. The van der Waals surface area contributed by atoms with Crippen LogP contribution < -0.4 is 10.0 Å². The zero-order valence-corrected chi connectivity index (χ0v) is 10.9. The first kappa shape index (κ1) is 14.0. The molecule has 0 radical (unpaired) electrons. The number of ether oxygens (including phenoxy) is 1. The zero-order valence-electron chi connectivity index (χ0n) is 10.1. The van der Waals surface area contributed by atoms with E-state index in [9.17, 15) is 8.42 Å². The number of benzene rings is 1. The minimum absolute atomic E-state index is 0.0419. The second kappa shape index (κ2) is 6.58. The standard InChI is InChI=1S/C11H18N2O3S/c1-12-9-10-4-3-5-11(8-10)13-17(14,15)7-6-16-2/h3-5,8,12-13H,6-7,9H2,1-2H3. The van der Waals surface area contributed by atoms with Crippen molar-refractivity contribution >= 4 is 15.7 Å². The highest BCUT2D eigenvalue weighted by atomic mass is 32.2. The summed E-state index contributed by atoms with van der Waals surface area (Å²) >= 11 is 0. The lowest BCUT2D eigenvalue weighted by atomic mass is 10.2. The normalized spacial score (nSPS) is 11.4. The van der Waals surface area contributed by atoms with Gasteiger partial charge in [0.25, 0.3) is 0 Å². The average Bonchev–Trinajstić information content (AvgIpc) is 2.27. The van der Waals surface area contributed by atoms with E-state index in [0.29, 0.717) is 12.2 Å². The molecule has 0 atom stereocenters. The van der Waals surface area contributed by atoms with E-state index in [1.165, 1.54) is 7.11 Å². The molecule has 96 valence electrons. The summed E-state index contributed by atoms with van der Waals surface area (Å²) in [4.78, 5) is 0. The summed E-state index contributed by atoms with van der Waals surface area (Å²) in [7, 11) is -0.00594. The van der Waals surface area contributed by atoms with E-state index in [-0.39, 0.29) is 12.4 Å². The van der Waals surface area contributed by atoms with Gasteiger partial charge in [0.15, 0.2) is 0 Å². The minimum atomic E-state index is -3.32. The topological polar surface area (TPSA) is 67.4 Å². The van der Waals surface area contributed by atoms with Gasteiger partial charge in [-0.3, -0.25) is 4.72 Å². The van der Waals surface area contributed by atoms with Crippen LogP contribution in [0, 0.1) is 0 Å². The predicted octanol–water partition coefficient (Wildman–Crippen LogP) is 0.794. The maximum Gasteiger partial charge on any atom is 0.234 e. The van der Waals surface area contributed by atoms with Gasteiger partial charge in [-0.15, -0.1) is 0 Å². The van der Waals surface area contributed by atoms with Crippen molar-refractivity contribution in [1.29, 1.82) is 0 Å². The first-order valence-corrected chi connectivity index (χ1v) is 6.95. The van der Waals surface area contributed by atoms with Gasteiger partial charge in [-0.2, -0.15) is 0 Å². The van der Waals surface area contributed by atoms with Crippen LogP contribution >= 0.6 is 0 Å². The van der Waals surface area contributed by atoms with E-state index < -0.39 is 10.0 Å². The monoisotopic (exact) mass is 258 g/mol. The third-order valence-corrected chi connectivity index (χ3v) is 3.39. The Hall–Kier alpha value is -1.11. The molecule has 0 saturated heterocycles. The highest BCUT2D eigenvalue weighted by molar-refractivity contribution is 7.92. The maximum atomic E-state index is 11.6. The smallest absolute Gasteiger partial charge is 0.234 e. The predicted molar refractivity (Wildman–Crippen MR) is 68.5 cm³/mol. The van der Waals surface area contributed by atoms with Crippen LogP contribution in [0.15, 0.2) is 24.3 Å². The molecule has 0 unspecified atom stereocenters. The summed E-state index contributed by atoms with van der Waals surface area (Å²) in [6.07, 6.45) is 0. The van der Waals surface area contributed by atoms with Gasteiger partial charge in [0.2, 0.25) is 10.0 Å². The van der Waals surface area contributed by atoms with Gasteiger partial charge >= 0.3 is 0 Å². The van der Waals surface area contributed by atoms with Crippen molar-refractivity contribution in [3.05, 3.63) is 29.8 Å². The van der Waals surface area contributed by atoms with Crippen molar-refractivity contribution in [2.75, 3.05) is 31.2 Å². The highest BCUT2D eigenvalue weighted by Gasteiger charge is 2.09. The SMILES string of the molecule is CNCc1cccc(NS(=O)(=O)CCOC)c1. The van der Waals surface area contributed by atoms with Crippen LogP contribution in [0.25, 0.3) is 0 Å². The van der Waals surface area contributed by atoms with Crippen molar-refractivity contribution < 1.29 is 13.2 Å². The van der Waals surface area contributed by atoms with Crippen LogP contribution in [0.3, 0.4) is 0 Å². The van der Waals surface area contributed by atoms with E-state index in [1.807, 2.05) is 19.2 Å². The van der Waals surface area contributed by atoms with E-state index in [1.54, 1.807) is 12.1 Å². The van der Waals surface area contributed by atoms with Gasteiger partial charge in [0, 0.05) is 19.3 Å². The third-order valence-electron chi connectivity index (χ3n) is 2.14. The molecular weight excluding hydrogens is 240 g/mol. The Labute approximate surface area is 102 Å². The molecule has 6 heteroatoms. The molecule has 1 aromatic carbocycles. The number of rotatable bonds is 7. The first-order valence-electron chi connectivity index (χ1n) is 5.30. The van der Waals surface area contributed by atoms with Crippen molar-refractivity contribution in [3.8, 4) is 0 Å². The molecule has 1 aromatic rings. The molecule has 17 heavy (non-hydrogen) atoms. The van der Waals surface area contributed by atoms with Crippen molar-refractivity contribution in [2.45, 2.75) is 6.54 Å². The maximum absolute atomic E-state index is 11.6. The first-order chi connectivity index (χ1) is 8.07. The minimum Gasteiger partial charge on any atom is -0.384 e. The molecule has 0 heterocycles. The molecule has 0 aromatic heterocycles. The van der Waals surface area contributed by atoms with Crippen LogP contribution in [0.4, 0.5) is 5.69 Å². The molecule has 0 fully saturated rings. The van der Waals surface area contributed by atoms with Crippen molar-refractivity contribution in [1.82, 2.24) is 5.32 Å². The molecular formula is C11H18N2O3S. The Kier molecular flexibility index (Phi) is 5.40. The van der Waals surface area contributed by atoms with Gasteiger partial charge in [-0.25, -0.2) is 8.42 Å². The van der Waals surface area contributed by atoms with Crippen molar-refractivity contribution in [2.24, 2.45) is 0 Å². The van der Waals surface area contributed by atoms with Gasteiger partial charge in [0.1, 0.15) is 0 Å². The molecule has 0 saturated carbocycles. The Balaban J connectivity index is 2.70. The summed E-state index contributed by atoms with van der Waals surface area (Å²) in [5.41, 5.74) is 1.60. The molecule has 0 spiro atoms. The van der Waals surface area contributed by atoms with Crippen molar-refractivity contribution in [3.63, 3.8) is 0 Å². The van der Waals surface area contributed by atoms with Crippen LogP contribution in [-0.2, 0) is 21.3 Å². The average molecular weight is 258 g/mol. The van der Waals surface area contributed by atoms with Gasteiger partial charge in [-0.05, 0) is 24.7 Å². The largest absolute Gasteiger partial charge is 0.384 e. The fourth-order valence-corrected chi connectivity index (χ4v) is 2.35. The highest BCUT2D eigenvalue weighted by Crippen LogP contribution is 2.12. The van der Waals surface area contributed by atoms with Crippen LogP contribution in [0.1, 0.15) is 5.56 Å². The third kappa shape index (κ3) is 5.16. The fourth-order valence-electron chi connectivity index (χ4n) is 1.37. The Bertz CT molecular complexity index is 446. The molecule has 0 aliphatic carbocycles. The summed E-state index contributed by atoms with van der Waals surface area (Å²) < 4.78 is 30.5. The quantitative estimate of drug-likeness (QED) is 0.759. The van der Waals surface area contributed by atoms with E-state index >= 15 is 0 Å². The summed E-state index contributed by atoms with van der Waals surface area (Å²) in [5, 5.41) is 3.01. The second-order valence-electron chi connectivity index (χ2n) is 3.64. The summed E-state index contributed by atoms with van der Waals surface area (Å²) in [6.45, 7) is 0.888. The molecule has 2 N–H and O–H groups in total. The van der Waals surface area contributed by atoms with Gasteiger partial charge < -0.3 is 10.1 Å². The Morgan fingerprint density at radius 2 is 2.12 bits per heavy atom. The fraction of sp³-hybridized carbons (Fsp3) is 0.455. The number of sulfonamides is 1. The van der Waals surface area contributed by atoms with Gasteiger partial charge in [-0.1, -0.05) is 12.1 Å². The van der Waals surface area contributed by atoms with E-state index in [4.69, 9.17) is 4.74 Å². The lowest BCUT2D eigenvalue weighted by Gasteiger charge is -2.09.